The van der Waals surface area contributed by atoms with Crippen molar-refractivity contribution in [2.75, 3.05) is 13.6 Å². The van der Waals surface area contributed by atoms with Gasteiger partial charge in [-0.3, -0.25) is 0 Å². The molecule has 1 N–H and O–H groups in total. The van der Waals surface area contributed by atoms with E-state index in [1.165, 1.54) is 25.8 Å². The minimum absolute atomic E-state index is 0.583. The van der Waals surface area contributed by atoms with E-state index >= 15 is 0 Å². The first-order chi connectivity index (χ1) is 6.46. The molecule has 1 aliphatic carbocycles. The molecule has 0 aromatic carbocycles. The summed E-state index contributed by atoms with van der Waals surface area (Å²) in [4.78, 5) is 0. The number of hydrogen-bond donors (Lipinski definition) is 1. The van der Waals surface area contributed by atoms with Crippen molar-refractivity contribution < 1.29 is 0 Å². The van der Waals surface area contributed by atoms with Gasteiger partial charge in [-0.2, -0.15) is 0 Å². The van der Waals surface area contributed by atoms with Crippen LogP contribution in [-0.4, -0.2) is 13.6 Å². The summed E-state index contributed by atoms with van der Waals surface area (Å²) in [5.41, 5.74) is 0.583. The third kappa shape index (κ3) is 2.98. The zero-order chi connectivity index (χ0) is 10.8. The molecule has 1 saturated carbocycles. The van der Waals surface area contributed by atoms with Gasteiger partial charge in [-0.1, -0.05) is 27.7 Å². The van der Waals surface area contributed by atoms with E-state index in [0.29, 0.717) is 5.41 Å². The third-order valence-electron chi connectivity index (χ3n) is 3.91. The van der Waals surface area contributed by atoms with Crippen LogP contribution in [-0.2, 0) is 0 Å². The topological polar surface area (TPSA) is 12.0 Å². The average molecular weight is 197 g/mol. The lowest BCUT2D eigenvalue weighted by Gasteiger charge is -2.43. The molecule has 0 aromatic heterocycles. The van der Waals surface area contributed by atoms with Gasteiger partial charge in [0.15, 0.2) is 0 Å². The molecule has 2 atom stereocenters. The van der Waals surface area contributed by atoms with Gasteiger partial charge in [0.25, 0.3) is 0 Å². The maximum Gasteiger partial charge on any atom is -0.00208 e. The van der Waals surface area contributed by atoms with Crippen molar-refractivity contribution in [2.24, 2.45) is 23.2 Å². The standard InChI is InChI=1S/C13H27N/c1-10(2)12-8-13(3,4)7-6-11(12)9-14-5/h10-12,14H,6-9H2,1-5H3. The van der Waals surface area contributed by atoms with Crippen LogP contribution in [0.15, 0.2) is 0 Å². The third-order valence-corrected chi connectivity index (χ3v) is 3.91. The molecule has 14 heavy (non-hydrogen) atoms. The van der Waals surface area contributed by atoms with Crippen LogP contribution in [0.1, 0.15) is 47.0 Å². The summed E-state index contributed by atoms with van der Waals surface area (Å²) >= 11 is 0. The Kier molecular flexibility index (Phi) is 4.00. The molecule has 0 saturated heterocycles. The second-order valence-electron chi connectivity index (χ2n) is 6.13. The lowest BCUT2D eigenvalue weighted by molar-refractivity contribution is 0.0855. The first-order valence-corrected chi connectivity index (χ1v) is 6.11. The minimum atomic E-state index is 0.583. The van der Waals surface area contributed by atoms with Crippen molar-refractivity contribution in [3.8, 4) is 0 Å². The molecule has 2 unspecified atom stereocenters. The molecule has 1 rings (SSSR count). The molecule has 0 bridgehead atoms. The lowest BCUT2D eigenvalue weighted by Crippen LogP contribution is -2.37. The highest BCUT2D eigenvalue weighted by molar-refractivity contribution is 4.86. The number of rotatable bonds is 3. The summed E-state index contributed by atoms with van der Waals surface area (Å²) in [5, 5.41) is 3.35. The minimum Gasteiger partial charge on any atom is -0.319 e. The monoisotopic (exact) mass is 197 g/mol. The molecule has 1 heteroatoms. The fraction of sp³-hybridized carbons (Fsp3) is 1.00. The number of hydrogen-bond acceptors (Lipinski definition) is 1. The van der Waals surface area contributed by atoms with Crippen LogP contribution in [0.3, 0.4) is 0 Å². The zero-order valence-electron chi connectivity index (χ0n) is 10.6. The van der Waals surface area contributed by atoms with Crippen LogP contribution >= 0.6 is 0 Å². The van der Waals surface area contributed by atoms with Crippen molar-refractivity contribution >= 4 is 0 Å². The Morgan fingerprint density at radius 3 is 2.50 bits per heavy atom. The highest BCUT2D eigenvalue weighted by Gasteiger charge is 2.35. The van der Waals surface area contributed by atoms with Gasteiger partial charge in [0.05, 0.1) is 0 Å². The molecule has 0 radical (unpaired) electrons. The molecule has 84 valence electrons. The molecule has 0 spiro atoms. The van der Waals surface area contributed by atoms with Crippen LogP contribution in [0.2, 0.25) is 0 Å². The molecule has 0 heterocycles. The summed E-state index contributed by atoms with van der Waals surface area (Å²) in [5.74, 6) is 2.67. The molecular weight excluding hydrogens is 170 g/mol. The van der Waals surface area contributed by atoms with Crippen LogP contribution in [0.25, 0.3) is 0 Å². The Balaban J connectivity index is 2.61. The summed E-state index contributed by atoms with van der Waals surface area (Å²) in [6.45, 7) is 10.8. The van der Waals surface area contributed by atoms with Crippen LogP contribution < -0.4 is 5.32 Å². The van der Waals surface area contributed by atoms with E-state index in [4.69, 9.17) is 0 Å². The van der Waals surface area contributed by atoms with Crippen molar-refractivity contribution in [1.29, 1.82) is 0 Å². The van der Waals surface area contributed by atoms with Gasteiger partial charge in [-0.25, -0.2) is 0 Å². The van der Waals surface area contributed by atoms with Gasteiger partial charge >= 0.3 is 0 Å². The van der Waals surface area contributed by atoms with Crippen molar-refractivity contribution in [3.63, 3.8) is 0 Å². The molecule has 1 nitrogen and oxygen atoms in total. The van der Waals surface area contributed by atoms with Crippen molar-refractivity contribution in [1.82, 2.24) is 5.32 Å². The van der Waals surface area contributed by atoms with Gasteiger partial charge in [-0.15, -0.1) is 0 Å². The van der Waals surface area contributed by atoms with E-state index in [-0.39, 0.29) is 0 Å². The average Bonchev–Trinajstić information content (AvgIpc) is 2.08. The summed E-state index contributed by atoms with van der Waals surface area (Å²) in [6.07, 6.45) is 4.23. The predicted octanol–water partition coefficient (Wildman–Crippen LogP) is 3.30. The fourth-order valence-electron chi connectivity index (χ4n) is 2.99. The summed E-state index contributed by atoms with van der Waals surface area (Å²) < 4.78 is 0. The van der Waals surface area contributed by atoms with Crippen LogP contribution in [0.4, 0.5) is 0 Å². The smallest absolute Gasteiger partial charge is 0.00208 e. The Labute approximate surface area is 89.7 Å². The summed E-state index contributed by atoms with van der Waals surface area (Å²) in [7, 11) is 2.08. The second-order valence-corrected chi connectivity index (χ2v) is 6.13. The fourth-order valence-corrected chi connectivity index (χ4v) is 2.99. The second kappa shape index (κ2) is 4.65. The predicted molar refractivity (Wildman–Crippen MR) is 63.4 cm³/mol. The SMILES string of the molecule is CNCC1CCC(C)(C)CC1C(C)C. The summed E-state index contributed by atoms with van der Waals surface area (Å²) in [6, 6.07) is 0. The Hall–Kier alpha value is -0.0400. The van der Waals surface area contributed by atoms with Crippen LogP contribution in [0, 0.1) is 23.2 Å². The van der Waals surface area contributed by atoms with Crippen LogP contribution in [0.5, 0.6) is 0 Å². The van der Waals surface area contributed by atoms with E-state index in [1.54, 1.807) is 0 Å². The quantitative estimate of drug-likeness (QED) is 0.732. The molecule has 0 amide bonds. The Morgan fingerprint density at radius 2 is 2.00 bits per heavy atom. The molecule has 1 fully saturated rings. The van der Waals surface area contributed by atoms with E-state index in [1.807, 2.05) is 0 Å². The highest BCUT2D eigenvalue weighted by Crippen LogP contribution is 2.44. The van der Waals surface area contributed by atoms with Crippen molar-refractivity contribution in [3.05, 3.63) is 0 Å². The highest BCUT2D eigenvalue weighted by atomic mass is 14.8. The zero-order valence-corrected chi connectivity index (χ0v) is 10.6. The lowest BCUT2D eigenvalue weighted by atomic mass is 9.64. The Morgan fingerprint density at radius 1 is 1.36 bits per heavy atom. The van der Waals surface area contributed by atoms with Gasteiger partial charge < -0.3 is 5.32 Å². The van der Waals surface area contributed by atoms with Gasteiger partial charge in [0.2, 0.25) is 0 Å². The molecule has 1 aliphatic rings. The first kappa shape index (κ1) is 12.0. The first-order valence-electron chi connectivity index (χ1n) is 6.11. The van der Waals surface area contributed by atoms with Gasteiger partial charge in [-0.05, 0) is 56.0 Å². The maximum atomic E-state index is 3.35. The van der Waals surface area contributed by atoms with E-state index < -0.39 is 0 Å². The van der Waals surface area contributed by atoms with E-state index in [0.717, 1.165) is 17.8 Å². The maximum absolute atomic E-state index is 3.35. The van der Waals surface area contributed by atoms with E-state index in [2.05, 4.69) is 40.1 Å². The van der Waals surface area contributed by atoms with Crippen molar-refractivity contribution in [2.45, 2.75) is 47.0 Å². The van der Waals surface area contributed by atoms with E-state index in [9.17, 15) is 0 Å². The number of nitrogens with one attached hydrogen (secondary N) is 1. The molecule has 0 aliphatic heterocycles. The molecular formula is C13H27N. The Bertz CT molecular complexity index is 172. The van der Waals surface area contributed by atoms with Gasteiger partial charge in [0.1, 0.15) is 0 Å². The molecule has 0 aromatic rings. The normalized spacial score (nSPS) is 32.1. The largest absolute Gasteiger partial charge is 0.319 e. The van der Waals surface area contributed by atoms with Gasteiger partial charge in [0, 0.05) is 0 Å².